The minimum atomic E-state index is -1.79. The Balaban J connectivity index is 2.65. The molecule has 0 atom stereocenters. The molecule has 2 aromatic rings. The first-order valence-electron chi connectivity index (χ1n) is 5.94. The molecule has 2 aromatic carbocycles. The van der Waals surface area contributed by atoms with E-state index in [0.29, 0.717) is 5.75 Å². The zero-order valence-corrected chi connectivity index (χ0v) is 10.8. The third kappa shape index (κ3) is 2.66. The first-order valence-corrected chi connectivity index (χ1v) is 5.94. The van der Waals surface area contributed by atoms with Crippen LogP contribution < -0.4 is 4.65 Å². The summed E-state index contributed by atoms with van der Waals surface area (Å²) in [4.78, 5) is 0. The fourth-order valence-electron chi connectivity index (χ4n) is 2.09. The van der Waals surface area contributed by atoms with Crippen molar-refractivity contribution < 1.29 is 14.7 Å². The van der Waals surface area contributed by atoms with Crippen molar-refractivity contribution in [3.63, 3.8) is 0 Å². The van der Waals surface area contributed by atoms with Crippen molar-refractivity contribution in [3.05, 3.63) is 42.0 Å². The highest BCUT2D eigenvalue weighted by Gasteiger charge is 2.19. The molecule has 0 fully saturated rings. The topological polar surface area (TPSA) is 49.7 Å². The Kier molecular flexibility index (Phi) is 3.33. The average Bonchev–Trinajstić information content (AvgIpc) is 2.25. The summed E-state index contributed by atoms with van der Waals surface area (Å²) < 4.78 is 4.97. The molecule has 0 aromatic heterocycles. The van der Waals surface area contributed by atoms with Crippen molar-refractivity contribution in [2.45, 2.75) is 26.2 Å². The number of benzene rings is 2. The lowest BCUT2D eigenvalue weighted by Crippen LogP contribution is -2.21. The molecule has 0 unspecified atom stereocenters. The van der Waals surface area contributed by atoms with Gasteiger partial charge in [-0.15, -0.1) is 0 Å². The summed E-state index contributed by atoms with van der Waals surface area (Å²) in [6.07, 6.45) is 0. The Bertz CT molecular complexity index is 558. The van der Waals surface area contributed by atoms with Crippen molar-refractivity contribution in [2.24, 2.45) is 0 Å². The van der Waals surface area contributed by atoms with E-state index < -0.39 is 7.32 Å². The van der Waals surface area contributed by atoms with Crippen LogP contribution in [0.4, 0.5) is 0 Å². The van der Waals surface area contributed by atoms with Crippen molar-refractivity contribution in [1.82, 2.24) is 0 Å². The summed E-state index contributed by atoms with van der Waals surface area (Å²) in [6.45, 7) is 6.36. The molecular weight excluding hydrogens is 227 g/mol. The highest BCUT2D eigenvalue weighted by molar-refractivity contribution is 6.33. The largest absolute Gasteiger partial charge is 0.707 e. The molecule has 0 saturated carbocycles. The second-order valence-electron chi connectivity index (χ2n) is 5.39. The highest BCUT2D eigenvalue weighted by Crippen LogP contribution is 2.33. The Morgan fingerprint density at radius 3 is 2.33 bits per heavy atom. The van der Waals surface area contributed by atoms with E-state index >= 15 is 0 Å². The van der Waals surface area contributed by atoms with Crippen LogP contribution in [0, 0.1) is 0 Å². The summed E-state index contributed by atoms with van der Waals surface area (Å²) in [5, 5.41) is 20.0. The molecule has 0 spiro atoms. The summed E-state index contributed by atoms with van der Waals surface area (Å²) in [5.41, 5.74) is 1.08. The SMILES string of the molecule is CC(C)(C)c1cc(OB(O)O)cc2ccccc12. The van der Waals surface area contributed by atoms with Gasteiger partial charge in [0.05, 0.1) is 0 Å². The predicted molar refractivity (Wildman–Crippen MR) is 73.5 cm³/mol. The third-order valence-corrected chi connectivity index (χ3v) is 2.88. The minimum absolute atomic E-state index is 0.0423. The van der Waals surface area contributed by atoms with Gasteiger partial charge in [0.2, 0.25) is 0 Å². The van der Waals surface area contributed by atoms with Gasteiger partial charge in [-0.3, -0.25) is 0 Å². The van der Waals surface area contributed by atoms with Gasteiger partial charge >= 0.3 is 7.32 Å². The molecular formula is C14H17BO3. The number of fused-ring (bicyclic) bond motifs is 1. The quantitative estimate of drug-likeness (QED) is 0.798. The minimum Gasteiger partial charge on any atom is -0.512 e. The fourth-order valence-corrected chi connectivity index (χ4v) is 2.09. The molecule has 0 aliphatic rings. The molecule has 3 nitrogen and oxygen atoms in total. The summed E-state index contributed by atoms with van der Waals surface area (Å²) in [5.74, 6) is 0.466. The second-order valence-corrected chi connectivity index (χ2v) is 5.39. The first-order chi connectivity index (χ1) is 8.38. The molecule has 0 heterocycles. The van der Waals surface area contributed by atoms with Crippen LogP contribution in [0.1, 0.15) is 26.3 Å². The van der Waals surface area contributed by atoms with Crippen LogP contribution >= 0.6 is 0 Å². The Morgan fingerprint density at radius 1 is 1.06 bits per heavy atom. The second kappa shape index (κ2) is 4.63. The maximum atomic E-state index is 8.90. The Labute approximate surface area is 107 Å². The smallest absolute Gasteiger partial charge is 0.512 e. The van der Waals surface area contributed by atoms with E-state index in [0.717, 1.165) is 16.3 Å². The molecule has 2 N–H and O–H groups in total. The van der Waals surface area contributed by atoms with Crippen molar-refractivity contribution in [1.29, 1.82) is 0 Å². The van der Waals surface area contributed by atoms with Gasteiger partial charge in [0, 0.05) is 0 Å². The molecule has 2 rings (SSSR count). The number of rotatable bonds is 2. The van der Waals surface area contributed by atoms with Gasteiger partial charge in [-0.2, -0.15) is 0 Å². The maximum absolute atomic E-state index is 8.90. The molecule has 18 heavy (non-hydrogen) atoms. The highest BCUT2D eigenvalue weighted by atomic mass is 16.6. The molecule has 0 aliphatic carbocycles. The molecule has 0 saturated heterocycles. The van der Waals surface area contributed by atoms with Gasteiger partial charge in [-0.05, 0) is 33.9 Å². The van der Waals surface area contributed by atoms with Crippen molar-refractivity contribution in [2.75, 3.05) is 0 Å². The van der Waals surface area contributed by atoms with E-state index in [1.54, 1.807) is 0 Å². The van der Waals surface area contributed by atoms with Crippen molar-refractivity contribution in [3.8, 4) is 5.75 Å². The van der Waals surface area contributed by atoms with Gasteiger partial charge in [0.15, 0.2) is 0 Å². The van der Waals surface area contributed by atoms with E-state index in [1.807, 2.05) is 30.3 Å². The van der Waals surface area contributed by atoms with E-state index in [1.165, 1.54) is 0 Å². The van der Waals surface area contributed by atoms with E-state index in [2.05, 4.69) is 26.8 Å². The van der Waals surface area contributed by atoms with Gasteiger partial charge in [-0.25, -0.2) is 0 Å². The van der Waals surface area contributed by atoms with Gasteiger partial charge in [-0.1, -0.05) is 45.0 Å². The Morgan fingerprint density at radius 2 is 1.72 bits per heavy atom. The molecule has 94 valence electrons. The standard InChI is InChI=1S/C14H17BO3/c1-14(2,3)13-9-11(18-15(16)17)8-10-6-4-5-7-12(10)13/h4-9,16-17H,1-3H3. The molecule has 0 radical (unpaired) electrons. The molecule has 4 heteroatoms. The molecule has 0 aliphatic heterocycles. The van der Waals surface area contributed by atoms with Crippen LogP contribution in [0.15, 0.2) is 36.4 Å². The van der Waals surface area contributed by atoms with Gasteiger partial charge in [0.1, 0.15) is 5.75 Å². The van der Waals surface area contributed by atoms with Crippen LogP contribution in [0.25, 0.3) is 10.8 Å². The van der Waals surface area contributed by atoms with Gasteiger partial charge < -0.3 is 14.7 Å². The zero-order chi connectivity index (χ0) is 13.3. The molecule has 0 bridgehead atoms. The third-order valence-electron chi connectivity index (χ3n) is 2.88. The average molecular weight is 244 g/mol. The van der Waals surface area contributed by atoms with Crippen LogP contribution in [0.3, 0.4) is 0 Å². The fraction of sp³-hybridized carbons (Fsp3) is 0.286. The lowest BCUT2D eigenvalue weighted by atomic mass is 9.83. The predicted octanol–water partition coefficient (Wildman–Crippen LogP) is 2.49. The maximum Gasteiger partial charge on any atom is 0.707 e. The zero-order valence-electron chi connectivity index (χ0n) is 10.8. The van der Waals surface area contributed by atoms with Crippen molar-refractivity contribution >= 4 is 18.1 Å². The molecule has 0 amide bonds. The normalized spacial score (nSPS) is 11.6. The lowest BCUT2D eigenvalue weighted by Gasteiger charge is -2.22. The van der Waals surface area contributed by atoms with Crippen LogP contribution in [-0.4, -0.2) is 17.4 Å². The van der Waals surface area contributed by atoms with E-state index in [4.69, 9.17) is 14.7 Å². The number of hydrogen-bond donors (Lipinski definition) is 2. The first kappa shape index (κ1) is 12.9. The summed E-state index contributed by atoms with van der Waals surface area (Å²) in [7, 11) is -1.79. The van der Waals surface area contributed by atoms with E-state index in [-0.39, 0.29) is 5.41 Å². The van der Waals surface area contributed by atoms with E-state index in [9.17, 15) is 0 Å². The number of hydrogen-bond acceptors (Lipinski definition) is 3. The van der Waals surface area contributed by atoms with Crippen LogP contribution in [0.2, 0.25) is 0 Å². The summed E-state index contributed by atoms with van der Waals surface area (Å²) in [6, 6.07) is 11.7. The lowest BCUT2D eigenvalue weighted by molar-refractivity contribution is 0.288. The van der Waals surface area contributed by atoms with Gasteiger partial charge in [0.25, 0.3) is 0 Å². The monoisotopic (exact) mass is 244 g/mol. The Hall–Kier alpha value is -1.52. The summed E-state index contributed by atoms with van der Waals surface area (Å²) >= 11 is 0. The van der Waals surface area contributed by atoms with Crippen LogP contribution in [0.5, 0.6) is 5.75 Å². The van der Waals surface area contributed by atoms with Crippen LogP contribution in [-0.2, 0) is 5.41 Å².